The molecule has 2 aromatic rings. The van der Waals surface area contributed by atoms with Crippen LogP contribution in [0.4, 0.5) is 0 Å². The molecule has 0 aliphatic rings. The lowest BCUT2D eigenvalue weighted by molar-refractivity contribution is 0.295. The third kappa shape index (κ3) is 3.05. The van der Waals surface area contributed by atoms with Crippen LogP contribution in [0, 0.1) is 6.92 Å². The second kappa shape index (κ2) is 5.60. The lowest BCUT2D eigenvalue weighted by Gasteiger charge is -2.10. The van der Waals surface area contributed by atoms with E-state index in [1.807, 2.05) is 44.2 Å². The average Bonchev–Trinajstić information content (AvgIpc) is 2.37. The van der Waals surface area contributed by atoms with Gasteiger partial charge in [0.15, 0.2) is 5.82 Å². The van der Waals surface area contributed by atoms with Crippen LogP contribution in [-0.2, 0) is 6.61 Å². The summed E-state index contributed by atoms with van der Waals surface area (Å²) < 4.78 is 5.59. The van der Waals surface area contributed by atoms with Crippen molar-refractivity contribution in [3.63, 3.8) is 0 Å². The number of rotatable bonds is 4. The number of ether oxygens (including phenoxy) is 1. The number of hydrogen-bond acceptors (Lipinski definition) is 4. The van der Waals surface area contributed by atoms with E-state index in [4.69, 9.17) is 10.5 Å². The van der Waals surface area contributed by atoms with Gasteiger partial charge in [-0.3, -0.25) is 0 Å². The van der Waals surface area contributed by atoms with Crippen LogP contribution in [0.5, 0.6) is 5.75 Å². The summed E-state index contributed by atoms with van der Waals surface area (Å²) in [4.78, 5) is 8.65. The fraction of sp³-hybridized carbons (Fsp3) is 0.286. The van der Waals surface area contributed by atoms with Gasteiger partial charge in [0.25, 0.3) is 0 Å². The van der Waals surface area contributed by atoms with Gasteiger partial charge < -0.3 is 10.5 Å². The molecular formula is C14H17N3O. The molecule has 0 radical (unpaired) electrons. The van der Waals surface area contributed by atoms with E-state index in [9.17, 15) is 0 Å². The predicted molar refractivity (Wildman–Crippen MR) is 70.1 cm³/mol. The quantitative estimate of drug-likeness (QED) is 0.895. The fourth-order valence-electron chi connectivity index (χ4n) is 1.71. The van der Waals surface area contributed by atoms with Crippen LogP contribution < -0.4 is 10.5 Å². The third-order valence-electron chi connectivity index (χ3n) is 2.67. The standard InChI is InChI=1S/C14H17N3O/c1-10(15)13-8-16-14(17-11(13)2)9-18-12-6-4-3-5-7-12/h3-8,10H,9,15H2,1-2H3. The number of nitrogens with two attached hydrogens (primary N) is 1. The van der Waals surface area contributed by atoms with E-state index in [2.05, 4.69) is 9.97 Å². The Hall–Kier alpha value is -1.94. The molecule has 0 amide bonds. The van der Waals surface area contributed by atoms with Gasteiger partial charge >= 0.3 is 0 Å². The minimum atomic E-state index is -0.0471. The highest BCUT2D eigenvalue weighted by Gasteiger charge is 2.07. The maximum Gasteiger partial charge on any atom is 0.166 e. The van der Waals surface area contributed by atoms with Crippen molar-refractivity contribution in [1.82, 2.24) is 9.97 Å². The van der Waals surface area contributed by atoms with Crippen molar-refractivity contribution >= 4 is 0 Å². The minimum Gasteiger partial charge on any atom is -0.486 e. The fourth-order valence-corrected chi connectivity index (χ4v) is 1.71. The summed E-state index contributed by atoms with van der Waals surface area (Å²) in [6.45, 7) is 4.22. The zero-order valence-corrected chi connectivity index (χ0v) is 10.6. The Balaban J connectivity index is 2.05. The van der Waals surface area contributed by atoms with E-state index in [1.54, 1.807) is 6.20 Å². The Morgan fingerprint density at radius 3 is 2.61 bits per heavy atom. The smallest absolute Gasteiger partial charge is 0.166 e. The second-order valence-electron chi connectivity index (χ2n) is 4.22. The Morgan fingerprint density at radius 2 is 2.00 bits per heavy atom. The SMILES string of the molecule is Cc1nc(COc2ccccc2)ncc1C(C)N. The van der Waals surface area contributed by atoms with E-state index < -0.39 is 0 Å². The van der Waals surface area contributed by atoms with Crippen molar-refractivity contribution in [2.75, 3.05) is 0 Å². The van der Waals surface area contributed by atoms with Gasteiger partial charge in [-0.25, -0.2) is 9.97 Å². The van der Waals surface area contributed by atoms with E-state index in [0.717, 1.165) is 17.0 Å². The molecule has 4 nitrogen and oxygen atoms in total. The summed E-state index contributed by atoms with van der Waals surface area (Å²) in [5.74, 6) is 1.48. The van der Waals surface area contributed by atoms with E-state index in [1.165, 1.54) is 0 Å². The van der Waals surface area contributed by atoms with Gasteiger partial charge in [-0.15, -0.1) is 0 Å². The maximum atomic E-state index is 5.82. The first-order valence-electron chi connectivity index (χ1n) is 5.92. The van der Waals surface area contributed by atoms with Gasteiger partial charge in [-0.1, -0.05) is 18.2 Å². The summed E-state index contributed by atoms with van der Waals surface area (Å²) in [5.41, 5.74) is 7.70. The number of hydrogen-bond donors (Lipinski definition) is 1. The molecule has 94 valence electrons. The van der Waals surface area contributed by atoms with Gasteiger partial charge in [0, 0.05) is 23.5 Å². The highest BCUT2D eigenvalue weighted by Crippen LogP contribution is 2.13. The Bertz CT molecular complexity index is 512. The van der Waals surface area contributed by atoms with Crippen LogP contribution in [0.1, 0.15) is 30.0 Å². The van der Waals surface area contributed by atoms with Crippen LogP contribution in [0.3, 0.4) is 0 Å². The van der Waals surface area contributed by atoms with Crippen molar-refractivity contribution < 1.29 is 4.74 Å². The Kier molecular flexibility index (Phi) is 3.89. The Labute approximate surface area is 107 Å². The highest BCUT2D eigenvalue weighted by molar-refractivity contribution is 5.22. The largest absolute Gasteiger partial charge is 0.486 e. The van der Waals surface area contributed by atoms with E-state index >= 15 is 0 Å². The molecule has 0 aliphatic heterocycles. The number of aryl methyl sites for hydroxylation is 1. The number of para-hydroxylation sites is 1. The van der Waals surface area contributed by atoms with Gasteiger partial charge in [-0.05, 0) is 26.0 Å². The molecule has 1 unspecified atom stereocenters. The molecule has 0 aliphatic carbocycles. The first-order valence-corrected chi connectivity index (χ1v) is 5.92. The summed E-state index contributed by atoms with van der Waals surface area (Å²) >= 11 is 0. The first-order chi connectivity index (χ1) is 8.66. The topological polar surface area (TPSA) is 61.0 Å². The molecule has 0 saturated heterocycles. The Morgan fingerprint density at radius 1 is 1.28 bits per heavy atom. The molecule has 4 heteroatoms. The lowest BCUT2D eigenvalue weighted by Crippen LogP contribution is -2.11. The van der Waals surface area contributed by atoms with E-state index in [-0.39, 0.29) is 6.04 Å². The normalized spacial score (nSPS) is 12.2. The predicted octanol–water partition coefficient (Wildman–Crippen LogP) is 2.38. The van der Waals surface area contributed by atoms with Gasteiger partial charge in [0.1, 0.15) is 12.4 Å². The zero-order chi connectivity index (χ0) is 13.0. The van der Waals surface area contributed by atoms with Crippen molar-refractivity contribution in [3.8, 4) is 5.75 Å². The van der Waals surface area contributed by atoms with Crippen LogP contribution in [-0.4, -0.2) is 9.97 Å². The third-order valence-corrected chi connectivity index (χ3v) is 2.67. The zero-order valence-electron chi connectivity index (χ0n) is 10.6. The van der Waals surface area contributed by atoms with Gasteiger partial charge in [-0.2, -0.15) is 0 Å². The highest BCUT2D eigenvalue weighted by atomic mass is 16.5. The molecule has 2 N–H and O–H groups in total. The van der Waals surface area contributed by atoms with Crippen molar-refractivity contribution in [1.29, 1.82) is 0 Å². The number of aromatic nitrogens is 2. The molecule has 18 heavy (non-hydrogen) atoms. The molecule has 2 rings (SSSR count). The van der Waals surface area contributed by atoms with Gasteiger partial charge in [0.2, 0.25) is 0 Å². The molecule has 1 heterocycles. The molecule has 1 aromatic carbocycles. The van der Waals surface area contributed by atoms with Crippen molar-refractivity contribution in [3.05, 3.63) is 53.6 Å². The number of benzene rings is 1. The molecule has 0 saturated carbocycles. The van der Waals surface area contributed by atoms with Crippen molar-refractivity contribution in [2.45, 2.75) is 26.5 Å². The lowest BCUT2D eigenvalue weighted by atomic mass is 10.1. The monoisotopic (exact) mass is 243 g/mol. The summed E-state index contributed by atoms with van der Waals surface area (Å²) in [7, 11) is 0. The molecular weight excluding hydrogens is 226 g/mol. The summed E-state index contributed by atoms with van der Waals surface area (Å²) in [6, 6.07) is 9.58. The first kappa shape index (κ1) is 12.5. The summed E-state index contributed by atoms with van der Waals surface area (Å²) in [6.07, 6.45) is 1.77. The van der Waals surface area contributed by atoms with Crippen molar-refractivity contribution in [2.24, 2.45) is 5.73 Å². The summed E-state index contributed by atoms with van der Waals surface area (Å²) in [5, 5.41) is 0. The molecule has 0 fully saturated rings. The minimum absolute atomic E-state index is 0.0471. The van der Waals surface area contributed by atoms with E-state index in [0.29, 0.717) is 12.4 Å². The van der Waals surface area contributed by atoms with Crippen LogP contribution >= 0.6 is 0 Å². The second-order valence-corrected chi connectivity index (χ2v) is 4.22. The molecule has 0 spiro atoms. The number of nitrogens with zero attached hydrogens (tertiary/aromatic N) is 2. The van der Waals surface area contributed by atoms with Crippen LogP contribution in [0.2, 0.25) is 0 Å². The average molecular weight is 243 g/mol. The van der Waals surface area contributed by atoms with Gasteiger partial charge in [0.05, 0.1) is 0 Å². The van der Waals surface area contributed by atoms with Crippen LogP contribution in [0.25, 0.3) is 0 Å². The molecule has 1 atom stereocenters. The van der Waals surface area contributed by atoms with Crippen LogP contribution in [0.15, 0.2) is 36.5 Å². The maximum absolute atomic E-state index is 5.82. The molecule has 0 bridgehead atoms. The molecule has 1 aromatic heterocycles.